The molecule has 0 fully saturated rings. The third-order valence-electron chi connectivity index (χ3n) is 1.18. The summed E-state index contributed by atoms with van der Waals surface area (Å²) in [7, 11) is 0. The second-order valence-corrected chi connectivity index (χ2v) is 1.93. The normalized spacial score (nSPS) is 15.3. The van der Waals surface area contributed by atoms with Crippen LogP contribution in [0.3, 0.4) is 0 Å². The Bertz CT molecular complexity index is 306. The summed E-state index contributed by atoms with van der Waals surface area (Å²) in [6.45, 7) is 0. The number of hydrogen-bond acceptors (Lipinski definition) is 3. The van der Waals surface area contributed by atoms with E-state index in [2.05, 4.69) is 5.73 Å². The molecule has 0 amide bonds. The van der Waals surface area contributed by atoms with E-state index in [-0.39, 0.29) is 11.4 Å². The first kappa shape index (κ1) is 7.31. The van der Waals surface area contributed by atoms with Crippen molar-refractivity contribution in [3.05, 3.63) is 51.5 Å². The molecule has 0 aromatic carbocycles. The molecule has 1 aliphatic carbocycles. The van der Waals surface area contributed by atoms with Crippen molar-refractivity contribution in [1.82, 2.24) is 0 Å². The van der Waals surface area contributed by atoms with Gasteiger partial charge in [-0.25, -0.2) is 0 Å². The highest BCUT2D eigenvalue weighted by Crippen LogP contribution is 2.05. The molecule has 2 N–H and O–H groups in total. The summed E-state index contributed by atoms with van der Waals surface area (Å²) in [6.07, 6.45) is 5.87. The molecular formula is C7H6N2O2. The third kappa shape index (κ3) is 1.56. The molecule has 1 rings (SSSR count). The summed E-state index contributed by atoms with van der Waals surface area (Å²) in [5.41, 5.74) is 7.97. The van der Waals surface area contributed by atoms with Gasteiger partial charge in [0.2, 0.25) is 0 Å². The van der Waals surface area contributed by atoms with Gasteiger partial charge in [0.25, 0.3) is 5.70 Å². The van der Waals surface area contributed by atoms with Crippen LogP contribution >= 0.6 is 0 Å². The van der Waals surface area contributed by atoms with Gasteiger partial charge in [-0.15, -0.1) is 5.73 Å². The molecule has 0 heterocycles. The van der Waals surface area contributed by atoms with Gasteiger partial charge in [-0.1, -0.05) is 6.08 Å². The van der Waals surface area contributed by atoms with Gasteiger partial charge >= 0.3 is 0 Å². The van der Waals surface area contributed by atoms with Gasteiger partial charge in [0.15, 0.2) is 0 Å². The van der Waals surface area contributed by atoms with Gasteiger partial charge in [0.05, 0.1) is 11.0 Å². The molecule has 0 atom stereocenters. The highest BCUT2D eigenvalue weighted by molar-refractivity contribution is 5.30. The average molecular weight is 150 g/mol. The minimum absolute atomic E-state index is 0.116. The van der Waals surface area contributed by atoms with Crippen molar-refractivity contribution < 1.29 is 4.92 Å². The Balaban J connectivity index is 3.15. The minimum atomic E-state index is -0.536. The summed E-state index contributed by atoms with van der Waals surface area (Å²) in [4.78, 5) is 9.73. The zero-order chi connectivity index (χ0) is 8.27. The number of rotatable bonds is 1. The molecule has 56 valence electrons. The summed E-state index contributed by atoms with van der Waals surface area (Å²) in [5.74, 6) is 0. The fourth-order valence-electron chi connectivity index (χ4n) is 0.661. The molecular weight excluding hydrogens is 144 g/mol. The standard InChI is InChI=1S/C7H6N2O2/c8-6-4-2-1-3-5-7(6)9(10)11/h1-2,4-5H,8H2. The number of allylic oxidation sites excluding steroid dienone is 3. The Morgan fingerprint density at radius 1 is 1.64 bits per heavy atom. The Morgan fingerprint density at radius 3 is 3.00 bits per heavy atom. The van der Waals surface area contributed by atoms with Crippen molar-refractivity contribution in [3.8, 4) is 0 Å². The smallest absolute Gasteiger partial charge is 0.299 e. The first-order chi connectivity index (χ1) is 5.22. The lowest BCUT2D eigenvalue weighted by Gasteiger charge is -1.91. The second-order valence-electron chi connectivity index (χ2n) is 1.93. The summed E-state index contributed by atoms with van der Waals surface area (Å²) in [6, 6.07) is 0. The molecule has 11 heavy (non-hydrogen) atoms. The SMILES string of the molecule is NC1=C([N+](=O)[O-])C=C=CC=C1. The maximum Gasteiger partial charge on any atom is 0.299 e. The monoisotopic (exact) mass is 150 g/mol. The largest absolute Gasteiger partial charge is 0.393 e. The predicted molar refractivity (Wildman–Crippen MR) is 40.0 cm³/mol. The zero-order valence-corrected chi connectivity index (χ0v) is 5.65. The summed E-state index contributed by atoms with van der Waals surface area (Å²) >= 11 is 0. The Hall–Kier alpha value is -1.80. The van der Waals surface area contributed by atoms with Crippen LogP contribution in [0.15, 0.2) is 41.4 Å². The number of nitrogens with two attached hydrogens (primary N) is 1. The van der Waals surface area contributed by atoms with Crippen LogP contribution in [0.2, 0.25) is 0 Å². The van der Waals surface area contributed by atoms with E-state index in [9.17, 15) is 10.1 Å². The molecule has 0 unspecified atom stereocenters. The first-order valence-electron chi connectivity index (χ1n) is 2.95. The first-order valence-corrected chi connectivity index (χ1v) is 2.95. The maximum atomic E-state index is 10.3. The number of hydrogen-bond donors (Lipinski definition) is 1. The van der Waals surface area contributed by atoms with Gasteiger partial charge in [0, 0.05) is 0 Å². The molecule has 0 aliphatic heterocycles. The van der Waals surface area contributed by atoms with Crippen molar-refractivity contribution in [2.75, 3.05) is 0 Å². The molecule has 4 heteroatoms. The predicted octanol–water partition coefficient (Wildman–Crippen LogP) is 0.715. The lowest BCUT2D eigenvalue weighted by atomic mass is 10.3. The van der Waals surface area contributed by atoms with E-state index < -0.39 is 4.92 Å². The Kier molecular flexibility index (Phi) is 1.90. The fraction of sp³-hybridized carbons (Fsp3) is 0. The fourth-order valence-corrected chi connectivity index (χ4v) is 0.661. The quantitative estimate of drug-likeness (QED) is 0.340. The molecule has 0 saturated heterocycles. The van der Waals surface area contributed by atoms with E-state index in [1.807, 2.05) is 0 Å². The van der Waals surface area contributed by atoms with E-state index in [1.165, 1.54) is 12.2 Å². The van der Waals surface area contributed by atoms with E-state index in [0.717, 1.165) is 0 Å². The third-order valence-corrected chi connectivity index (χ3v) is 1.18. The van der Waals surface area contributed by atoms with Gasteiger partial charge < -0.3 is 5.73 Å². The van der Waals surface area contributed by atoms with Crippen LogP contribution in [0.1, 0.15) is 0 Å². The van der Waals surface area contributed by atoms with Crippen LogP contribution in [0.5, 0.6) is 0 Å². The molecule has 0 radical (unpaired) electrons. The van der Waals surface area contributed by atoms with Crippen LogP contribution in [-0.4, -0.2) is 4.92 Å². The molecule has 0 aromatic heterocycles. The lowest BCUT2D eigenvalue weighted by Crippen LogP contribution is -2.05. The summed E-state index contributed by atoms with van der Waals surface area (Å²) in [5, 5.41) is 10.3. The van der Waals surface area contributed by atoms with Crippen LogP contribution in [0.25, 0.3) is 0 Å². The molecule has 0 bridgehead atoms. The van der Waals surface area contributed by atoms with Gasteiger partial charge in [-0.2, -0.15) is 0 Å². The number of nitro groups is 1. The summed E-state index contributed by atoms with van der Waals surface area (Å²) < 4.78 is 0. The molecule has 0 saturated carbocycles. The van der Waals surface area contributed by atoms with E-state index in [4.69, 9.17) is 5.73 Å². The van der Waals surface area contributed by atoms with E-state index in [0.29, 0.717) is 0 Å². The minimum Gasteiger partial charge on any atom is -0.393 e. The Labute approximate surface area is 63.2 Å². The van der Waals surface area contributed by atoms with E-state index >= 15 is 0 Å². The van der Waals surface area contributed by atoms with Crippen molar-refractivity contribution in [3.63, 3.8) is 0 Å². The molecule has 4 nitrogen and oxygen atoms in total. The lowest BCUT2D eigenvalue weighted by molar-refractivity contribution is -0.420. The maximum absolute atomic E-state index is 10.3. The number of nitrogens with zero attached hydrogens (tertiary/aromatic N) is 1. The van der Waals surface area contributed by atoms with E-state index in [1.54, 1.807) is 12.2 Å². The highest BCUT2D eigenvalue weighted by atomic mass is 16.6. The average Bonchev–Trinajstić information content (AvgIpc) is 2.13. The van der Waals surface area contributed by atoms with Gasteiger partial charge in [0.1, 0.15) is 5.70 Å². The van der Waals surface area contributed by atoms with Crippen LogP contribution in [0, 0.1) is 10.1 Å². The Morgan fingerprint density at radius 2 is 2.36 bits per heavy atom. The highest BCUT2D eigenvalue weighted by Gasteiger charge is 2.10. The van der Waals surface area contributed by atoms with Crippen LogP contribution in [0.4, 0.5) is 0 Å². The van der Waals surface area contributed by atoms with Gasteiger partial charge in [-0.05, 0) is 12.2 Å². The zero-order valence-electron chi connectivity index (χ0n) is 5.65. The molecule has 1 aliphatic rings. The van der Waals surface area contributed by atoms with Crippen molar-refractivity contribution in [2.45, 2.75) is 0 Å². The molecule has 0 spiro atoms. The van der Waals surface area contributed by atoms with Crippen LogP contribution < -0.4 is 5.73 Å². The van der Waals surface area contributed by atoms with Crippen molar-refractivity contribution in [2.24, 2.45) is 5.73 Å². The van der Waals surface area contributed by atoms with Crippen molar-refractivity contribution in [1.29, 1.82) is 0 Å². The topological polar surface area (TPSA) is 69.2 Å². The molecule has 0 aromatic rings. The van der Waals surface area contributed by atoms with Crippen molar-refractivity contribution >= 4 is 0 Å². The van der Waals surface area contributed by atoms with Crippen LogP contribution in [-0.2, 0) is 0 Å². The second kappa shape index (κ2) is 2.86. The van der Waals surface area contributed by atoms with Gasteiger partial charge in [-0.3, -0.25) is 10.1 Å².